The zero-order chi connectivity index (χ0) is 16.7. The van der Waals surface area contributed by atoms with Crippen LogP contribution in [0.15, 0.2) is 22.8 Å². The number of aliphatic imine (C=N–C) groups is 1. The summed E-state index contributed by atoms with van der Waals surface area (Å²) >= 11 is 1.67. The van der Waals surface area contributed by atoms with Crippen molar-refractivity contribution in [3.05, 3.63) is 17.8 Å². The fraction of sp³-hybridized carbons (Fsp3) is 0.588. The van der Waals surface area contributed by atoms with E-state index in [0.717, 1.165) is 75.4 Å². The van der Waals surface area contributed by atoms with Crippen LogP contribution in [0.25, 0.3) is 10.2 Å². The highest BCUT2D eigenvalue weighted by molar-refractivity contribution is 7.16. The second kappa shape index (κ2) is 6.10. The van der Waals surface area contributed by atoms with E-state index in [2.05, 4.69) is 36.5 Å². The van der Waals surface area contributed by atoms with E-state index < -0.39 is 0 Å². The van der Waals surface area contributed by atoms with Crippen molar-refractivity contribution in [3.63, 3.8) is 0 Å². The van der Waals surface area contributed by atoms with Crippen LogP contribution in [0.3, 0.4) is 0 Å². The summed E-state index contributed by atoms with van der Waals surface area (Å²) in [6.07, 6.45) is 3.78. The molecule has 5 rings (SSSR count). The van der Waals surface area contributed by atoms with Crippen LogP contribution in [0.4, 0.5) is 5.82 Å². The molecule has 8 heteroatoms. The molecular formula is C17H22N6OS. The van der Waals surface area contributed by atoms with Crippen LogP contribution in [-0.4, -0.2) is 72.3 Å². The van der Waals surface area contributed by atoms with Gasteiger partial charge < -0.3 is 19.9 Å². The molecule has 5 heterocycles. The van der Waals surface area contributed by atoms with Gasteiger partial charge in [-0.15, -0.1) is 11.3 Å². The average Bonchev–Trinajstić information content (AvgIpc) is 3.30. The highest BCUT2D eigenvalue weighted by Crippen LogP contribution is 2.28. The number of piperazine rings is 1. The average molecular weight is 358 g/mol. The predicted octanol–water partition coefficient (Wildman–Crippen LogP) is 1.32. The van der Waals surface area contributed by atoms with Gasteiger partial charge in [0.15, 0.2) is 5.96 Å². The zero-order valence-corrected chi connectivity index (χ0v) is 15.0. The van der Waals surface area contributed by atoms with E-state index >= 15 is 0 Å². The van der Waals surface area contributed by atoms with E-state index in [0.29, 0.717) is 0 Å². The molecule has 2 saturated heterocycles. The molecule has 132 valence electrons. The summed E-state index contributed by atoms with van der Waals surface area (Å²) in [5, 5.41) is 6.96. The van der Waals surface area contributed by atoms with E-state index in [1.807, 2.05) is 0 Å². The Morgan fingerprint density at radius 2 is 1.88 bits per heavy atom. The number of anilines is 1. The van der Waals surface area contributed by atoms with Crippen LogP contribution in [0.2, 0.25) is 0 Å². The first-order valence-corrected chi connectivity index (χ1v) is 9.80. The van der Waals surface area contributed by atoms with Crippen LogP contribution < -0.4 is 10.2 Å². The highest BCUT2D eigenvalue weighted by Gasteiger charge is 2.39. The Bertz CT molecular complexity index is 791. The van der Waals surface area contributed by atoms with Gasteiger partial charge in [0.25, 0.3) is 0 Å². The molecule has 7 nitrogen and oxygen atoms in total. The van der Waals surface area contributed by atoms with Crippen LogP contribution in [0.1, 0.15) is 12.8 Å². The molecule has 0 atom stereocenters. The number of hydrogen-bond donors (Lipinski definition) is 1. The molecule has 1 N–H and O–H groups in total. The van der Waals surface area contributed by atoms with Gasteiger partial charge in [0.05, 0.1) is 17.5 Å². The van der Waals surface area contributed by atoms with Gasteiger partial charge in [-0.05, 0) is 24.3 Å². The summed E-state index contributed by atoms with van der Waals surface area (Å²) in [6, 6.07) is 2.12. The number of ether oxygens (including phenoxy) is 1. The molecule has 2 fully saturated rings. The van der Waals surface area contributed by atoms with Gasteiger partial charge in [0, 0.05) is 39.4 Å². The van der Waals surface area contributed by atoms with Gasteiger partial charge in [0.1, 0.15) is 17.0 Å². The largest absolute Gasteiger partial charge is 0.381 e. The lowest BCUT2D eigenvalue weighted by atomic mass is 9.91. The Hall–Kier alpha value is -1.93. The van der Waals surface area contributed by atoms with Crippen molar-refractivity contribution in [1.29, 1.82) is 0 Å². The van der Waals surface area contributed by atoms with Gasteiger partial charge in [-0.3, -0.25) is 4.99 Å². The number of nitrogens with zero attached hydrogens (tertiary/aromatic N) is 5. The van der Waals surface area contributed by atoms with Gasteiger partial charge >= 0.3 is 0 Å². The molecule has 0 aliphatic carbocycles. The molecule has 2 aromatic heterocycles. The molecule has 1 spiro atoms. The van der Waals surface area contributed by atoms with Crippen molar-refractivity contribution in [2.75, 3.05) is 50.8 Å². The number of fused-ring (bicyclic) bond motifs is 1. The number of hydrogen-bond acceptors (Lipinski definition) is 8. The fourth-order valence-electron chi connectivity index (χ4n) is 3.93. The number of rotatable bonds is 1. The number of nitrogens with one attached hydrogen (secondary N) is 1. The van der Waals surface area contributed by atoms with Crippen molar-refractivity contribution >= 4 is 33.3 Å². The molecule has 0 aromatic carbocycles. The smallest absolute Gasteiger partial charge is 0.194 e. The van der Waals surface area contributed by atoms with Crippen molar-refractivity contribution in [1.82, 2.24) is 20.2 Å². The summed E-state index contributed by atoms with van der Waals surface area (Å²) in [5.41, 5.74) is 0.139. The number of thiophene rings is 1. The Balaban J connectivity index is 1.25. The fourth-order valence-corrected chi connectivity index (χ4v) is 4.65. The molecule has 0 amide bonds. The van der Waals surface area contributed by atoms with E-state index in [1.54, 1.807) is 17.7 Å². The maximum absolute atomic E-state index is 5.51. The third-order valence-corrected chi connectivity index (χ3v) is 6.30. The second-order valence-corrected chi connectivity index (χ2v) is 7.86. The first kappa shape index (κ1) is 15.3. The lowest BCUT2D eigenvalue weighted by Gasteiger charge is -2.39. The topological polar surface area (TPSA) is 65.9 Å². The Labute approximate surface area is 150 Å². The van der Waals surface area contributed by atoms with E-state index in [4.69, 9.17) is 9.73 Å². The monoisotopic (exact) mass is 358 g/mol. The maximum Gasteiger partial charge on any atom is 0.194 e. The Kier molecular flexibility index (Phi) is 3.74. The first-order chi connectivity index (χ1) is 12.3. The minimum absolute atomic E-state index is 0.139. The van der Waals surface area contributed by atoms with E-state index in [-0.39, 0.29) is 5.54 Å². The zero-order valence-electron chi connectivity index (χ0n) is 14.1. The summed E-state index contributed by atoms with van der Waals surface area (Å²) < 4.78 is 5.51. The van der Waals surface area contributed by atoms with Crippen molar-refractivity contribution < 1.29 is 4.74 Å². The van der Waals surface area contributed by atoms with Crippen molar-refractivity contribution in [2.24, 2.45) is 4.99 Å². The van der Waals surface area contributed by atoms with Gasteiger partial charge in [0.2, 0.25) is 0 Å². The third kappa shape index (κ3) is 2.73. The minimum atomic E-state index is 0.139. The van der Waals surface area contributed by atoms with Crippen LogP contribution in [-0.2, 0) is 4.74 Å². The summed E-state index contributed by atoms with van der Waals surface area (Å²) in [5.74, 6) is 2.14. The quantitative estimate of drug-likeness (QED) is 0.829. The Morgan fingerprint density at radius 1 is 1.08 bits per heavy atom. The molecule has 0 saturated carbocycles. The molecule has 0 unspecified atom stereocenters. The van der Waals surface area contributed by atoms with E-state index in [1.165, 1.54) is 5.39 Å². The van der Waals surface area contributed by atoms with Crippen molar-refractivity contribution in [3.8, 4) is 0 Å². The third-order valence-electron chi connectivity index (χ3n) is 5.48. The maximum atomic E-state index is 5.51. The molecule has 0 radical (unpaired) electrons. The predicted molar refractivity (Wildman–Crippen MR) is 99.4 cm³/mol. The molecule has 3 aliphatic heterocycles. The molecule has 0 bridgehead atoms. The summed E-state index contributed by atoms with van der Waals surface area (Å²) in [7, 11) is 0. The highest BCUT2D eigenvalue weighted by atomic mass is 32.1. The van der Waals surface area contributed by atoms with Gasteiger partial charge in [-0.2, -0.15) is 0 Å². The molecular weight excluding hydrogens is 336 g/mol. The van der Waals surface area contributed by atoms with Gasteiger partial charge in [-0.1, -0.05) is 0 Å². The van der Waals surface area contributed by atoms with E-state index in [9.17, 15) is 0 Å². The number of aromatic nitrogens is 2. The molecule has 2 aromatic rings. The minimum Gasteiger partial charge on any atom is -0.381 e. The normalized spacial score (nSPS) is 23.1. The standard InChI is InChI=1S/C17H22N6OS/c1-10-25-15-13(1)14(19-12-20-15)22-4-6-23(7-5-22)16-18-11-17(21-16)2-8-24-9-3-17/h1,10,12H,2-9,11H2,(H,18,21). The first-order valence-electron chi connectivity index (χ1n) is 8.92. The number of guanidine groups is 1. The second-order valence-electron chi connectivity index (χ2n) is 6.97. The Morgan fingerprint density at radius 3 is 2.72 bits per heavy atom. The van der Waals surface area contributed by atoms with Crippen LogP contribution >= 0.6 is 11.3 Å². The van der Waals surface area contributed by atoms with Crippen LogP contribution in [0.5, 0.6) is 0 Å². The summed E-state index contributed by atoms with van der Waals surface area (Å²) in [4.78, 5) is 19.5. The lowest BCUT2D eigenvalue weighted by Crippen LogP contribution is -2.57. The van der Waals surface area contributed by atoms with Crippen molar-refractivity contribution in [2.45, 2.75) is 18.4 Å². The molecule has 3 aliphatic rings. The molecule has 25 heavy (non-hydrogen) atoms. The van der Waals surface area contributed by atoms with Crippen LogP contribution in [0, 0.1) is 0 Å². The van der Waals surface area contributed by atoms with Gasteiger partial charge in [-0.25, -0.2) is 9.97 Å². The summed E-state index contributed by atoms with van der Waals surface area (Å²) in [6.45, 7) is 6.41. The SMILES string of the molecule is c1nc(N2CCN(C3=NCC4(CCOCC4)N3)CC2)c2ccsc2n1. The lowest BCUT2D eigenvalue weighted by molar-refractivity contribution is 0.0514.